The summed E-state index contributed by atoms with van der Waals surface area (Å²) in [6, 6.07) is 0. The summed E-state index contributed by atoms with van der Waals surface area (Å²) in [5, 5.41) is 7.89. The molecule has 0 fully saturated rings. The quantitative estimate of drug-likeness (QED) is 0.258. The van der Waals surface area contributed by atoms with Gasteiger partial charge in [-0.05, 0) is 13.8 Å². The predicted octanol–water partition coefficient (Wildman–Crippen LogP) is 0.695. The molecule has 0 heterocycles. The zero-order chi connectivity index (χ0) is 20.4. The molecule has 0 aliphatic rings. The summed E-state index contributed by atoms with van der Waals surface area (Å²) in [7, 11) is 0.743. The summed E-state index contributed by atoms with van der Waals surface area (Å²) in [6.45, 7) is 9.89. The highest BCUT2D eigenvalue weighted by Crippen LogP contribution is 2.33. The zero-order valence-corrected chi connectivity index (χ0v) is 16.2. The lowest BCUT2D eigenvalue weighted by molar-refractivity contribution is -0.873. The first-order valence-electron chi connectivity index (χ1n) is 7.29. The van der Waals surface area contributed by atoms with Crippen molar-refractivity contribution in [3.05, 3.63) is 24.3 Å². The second-order valence-corrected chi connectivity index (χ2v) is 7.61. The Labute approximate surface area is 148 Å². The van der Waals surface area contributed by atoms with Crippen LogP contribution in [0.1, 0.15) is 20.3 Å². The first-order chi connectivity index (χ1) is 11.0. The van der Waals surface area contributed by atoms with Crippen molar-refractivity contribution in [3.63, 3.8) is 0 Å². The second kappa shape index (κ2) is 11.2. The molecule has 2 unspecified atom stereocenters. The van der Waals surface area contributed by atoms with Crippen LogP contribution in [0.15, 0.2) is 24.3 Å². The summed E-state index contributed by atoms with van der Waals surface area (Å²) >= 11 is 0. The molecule has 2 N–H and O–H groups in total. The molecule has 0 aromatic rings. The fourth-order valence-corrected chi connectivity index (χ4v) is 1.93. The smallest absolute Gasteiger partial charge is 0.333 e. The number of carbonyl (C=O) groups excluding carboxylic acids is 1. The van der Waals surface area contributed by atoms with Crippen molar-refractivity contribution in [1.82, 2.24) is 0 Å². The topological polar surface area (TPSA) is 133 Å². The van der Waals surface area contributed by atoms with Crippen molar-refractivity contribution in [1.29, 1.82) is 0 Å². The molecule has 0 bridgehead atoms. The lowest BCUT2D eigenvalue weighted by Gasteiger charge is -2.31. The maximum Gasteiger partial charge on any atom is 0.333 e. The van der Waals surface area contributed by atoms with Gasteiger partial charge in [0.1, 0.15) is 12.6 Å². The number of quaternary nitrogens is 1. The molecule has 0 aliphatic carbocycles. The highest BCUT2D eigenvalue weighted by atomic mass is 31.2. The number of carbonyl (C=O) groups is 2. The minimum absolute atomic E-state index is 0.00361. The van der Waals surface area contributed by atoms with Crippen molar-refractivity contribution < 1.29 is 42.8 Å². The number of aliphatic carboxylic acids is 1. The lowest BCUT2D eigenvalue weighted by atomic mass is 10.2. The molecular formula is C15H28NO8P. The van der Waals surface area contributed by atoms with E-state index in [0.717, 1.165) is 0 Å². The number of esters is 1. The molecule has 10 heteroatoms. The van der Waals surface area contributed by atoms with Gasteiger partial charge in [-0.3, -0.25) is 4.57 Å². The summed E-state index contributed by atoms with van der Waals surface area (Å²) in [5.41, 5.74) is 0.440. The molecule has 25 heavy (non-hydrogen) atoms. The molecule has 9 nitrogen and oxygen atoms in total. The number of phosphoric ester groups is 1. The number of hydrogen-bond donors (Lipinski definition) is 2. The monoisotopic (exact) mass is 381 g/mol. The van der Waals surface area contributed by atoms with Crippen LogP contribution in [0.25, 0.3) is 0 Å². The van der Waals surface area contributed by atoms with E-state index in [0.29, 0.717) is 11.0 Å². The van der Waals surface area contributed by atoms with E-state index in [1.807, 2.05) is 21.1 Å². The Balaban J connectivity index is 0. The second-order valence-electron chi connectivity index (χ2n) is 6.46. The summed E-state index contributed by atoms with van der Waals surface area (Å²) in [5.74, 6) is -1.48. The number of carboxylic acids is 1. The van der Waals surface area contributed by atoms with Gasteiger partial charge in [-0.15, -0.1) is 0 Å². The molecule has 0 saturated heterocycles. The van der Waals surface area contributed by atoms with Crippen LogP contribution < -0.4 is 4.89 Å². The van der Waals surface area contributed by atoms with E-state index < -0.39 is 25.9 Å². The fraction of sp³-hybridized carbons (Fsp3) is 0.600. The van der Waals surface area contributed by atoms with Gasteiger partial charge < -0.3 is 28.6 Å². The first-order valence-corrected chi connectivity index (χ1v) is 8.78. The highest BCUT2D eigenvalue weighted by molar-refractivity contribution is 7.44. The summed E-state index contributed by atoms with van der Waals surface area (Å²) < 4.78 is 20.7. The molecule has 0 aromatic carbocycles. The van der Waals surface area contributed by atoms with Gasteiger partial charge in [-0.25, -0.2) is 9.59 Å². The molecule has 0 aromatic heterocycles. The minimum atomic E-state index is -4.81. The Kier molecular flexibility index (Phi) is 11.5. The normalized spacial score (nSPS) is 14.4. The van der Waals surface area contributed by atoms with Crippen molar-refractivity contribution in [2.24, 2.45) is 0 Å². The Morgan fingerprint density at radius 2 is 1.64 bits per heavy atom. The molecule has 2 atom stereocenters. The van der Waals surface area contributed by atoms with Gasteiger partial charge in [0.15, 0.2) is 0 Å². The zero-order valence-electron chi connectivity index (χ0n) is 15.4. The standard InChI is InChI=1S/C11H22NO6P.C4H6O2/c1-9(2)11(13)17-7-6-10(8-12(3,4)5)18-19(14,15)16;1-3(2)4(5)6/h10H,1,6-8H2,2-5H3,(H-,14,15,16);1H2,2H3,(H,5,6). The number of rotatable bonds is 9. The first kappa shape index (κ1) is 25.7. The van der Waals surface area contributed by atoms with Crippen LogP contribution in [0.4, 0.5) is 0 Å². The van der Waals surface area contributed by atoms with Gasteiger partial charge in [0.2, 0.25) is 0 Å². The van der Waals surface area contributed by atoms with Crippen LogP contribution in [-0.4, -0.2) is 66.8 Å². The molecular weight excluding hydrogens is 353 g/mol. The van der Waals surface area contributed by atoms with Crippen molar-refractivity contribution in [2.75, 3.05) is 34.3 Å². The highest BCUT2D eigenvalue weighted by Gasteiger charge is 2.23. The molecule has 0 radical (unpaired) electrons. The van der Waals surface area contributed by atoms with Crippen LogP contribution in [0.2, 0.25) is 0 Å². The third-order valence-electron chi connectivity index (χ3n) is 2.42. The van der Waals surface area contributed by atoms with E-state index in [4.69, 9.17) is 14.7 Å². The molecule has 146 valence electrons. The fourth-order valence-electron chi connectivity index (χ4n) is 1.38. The van der Waals surface area contributed by atoms with Crippen molar-refractivity contribution in [2.45, 2.75) is 26.4 Å². The third-order valence-corrected chi connectivity index (χ3v) is 2.98. The van der Waals surface area contributed by atoms with Crippen LogP contribution >= 0.6 is 7.82 Å². The Morgan fingerprint density at radius 3 is 1.92 bits per heavy atom. The van der Waals surface area contributed by atoms with Crippen LogP contribution in [0.3, 0.4) is 0 Å². The van der Waals surface area contributed by atoms with E-state index in [2.05, 4.69) is 17.7 Å². The number of nitrogens with zero attached hydrogens (tertiary/aromatic N) is 1. The SMILES string of the molecule is C=C(C)C(=O)O.C=C(C)C(=O)OCCC(C[N+](C)(C)C)OP(=O)([O-])O. The van der Waals surface area contributed by atoms with Crippen LogP contribution in [-0.2, 0) is 23.4 Å². The van der Waals surface area contributed by atoms with Crippen LogP contribution in [0.5, 0.6) is 0 Å². The third kappa shape index (κ3) is 18.7. The number of phosphoric acid groups is 1. The van der Waals surface area contributed by atoms with E-state index in [-0.39, 0.29) is 24.2 Å². The largest absolute Gasteiger partial charge is 0.756 e. The summed E-state index contributed by atoms with van der Waals surface area (Å²) in [6.07, 6.45) is -0.590. The maximum absolute atomic E-state index is 11.2. The summed E-state index contributed by atoms with van der Waals surface area (Å²) in [4.78, 5) is 40.3. The Morgan fingerprint density at radius 1 is 1.20 bits per heavy atom. The van der Waals surface area contributed by atoms with Gasteiger partial charge >= 0.3 is 11.9 Å². The van der Waals surface area contributed by atoms with E-state index in [1.165, 1.54) is 13.8 Å². The van der Waals surface area contributed by atoms with Gasteiger partial charge in [-0.1, -0.05) is 13.2 Å². The Bertz CT molecular complexity index is 520. The van der Waals surface area contributed by atoms with E-state index in [9.17, 15) is 19.0 Å². The average molecular weight is 381 g/mol. The van der Waals surface area contributed by atoms with Crippen molar-refractivity contribution >= 4 is 19.8 Å². The number of hydrogen-bond acceptors (Lipinski definition) is 6. The van der Waals surface area contributed by atoms with Crippen molar-refractivity contribution in [3.8, 4) is 0 Å². The number of likely N-dealkylation sites (N-methyl/N-ethyl adjacent to an activating group) is 1. The molecule has 0 amide bonds. The average Bonchev–Trinajstić information content (AvgIpc) is 2.34. The molecule has 0 spiro atoms. The lowest BCUT2D eigenvalue weighted by Crippen LogP contribution is -2.42. The number of ether oxygens (including phenoxy) is 1. The predicted molar refractivity (Wildman–Crippen MR) is 90.4 cm³/mol. The Hall–Kier alpha value is -1.51. The van der Waals surface area contributed by atoms with Gasteiger partial charge in [0.05, 0.1) is 27.7 Å². The van der Waals surface area contributed by atoms with Gasteiger partial charge in [0.25, 0.3) is 7.82 Å². The minimum Gasteiger partial charge on any atom is -0.756 e. The molecule has 0 rings (SSSR count). The number of carboxylic acid groups (broad SMARTS) is 1. The van der Waals surface area contributed by atoms with E-state index >= 15 is 0 Å². The molecule has 0 aliphatic heterocycles. The van der Waals surface area contributed by atoms with E-state index in [1.54, 1.807) is 0 Å². The maximum atomic E-state index is 11.2. The molecule has 0 saturated carbocycles. The van der Waals surface area contributed by atoms with Crippen LogP contribution in [0, 0.1) is 0 Å². The van der Waals surface area contributed by atoms with Gasteiger partial charge in [-0.2, -0.15) is 0 Å². The van der Waals surface area contributed by atoms with Gasteiger partial charge in [0, 0.05) is 17.6 Å².